The number of aromatic nitrogens is 2. The van der Waals surface area contributed by atoms with Gasteiger partial charge in [0.1, 0.15) is 11.6 Å². The van der Waals surface area contributed by atoms with Crippen molar-refractivity contribution in [2.45, 2.75) is 13.5 Å². The molecular formula is C12H13FN4O. The monoisotopic (exact) mass is 248 g/mol. The van der Waals surface area contributed by atoms with E-state index in [0.717, 1.165) is 5.82 Å². The van der Waals surface area contributed by atoms with Crippen LogP contribution in [0.2, 0.25) is 0 Å². The van der Waals surface area contributed by atoms with Gasteiger partial charge in [-0.25, -0.2) is 15.2 Å². The SMILES string of the molecule is Cc1nccn1Cc1cc(C(=O)NN)ccc1F. The maximum Gasteiger partial charge on any atom is 0.265 e. The summed E-state index contributed by atoms with van der Waals surface area (Å²) in [5.74, 6) is 5.01. The molecule has 0 unspecified atom stereocenters. The van der Waals surface area contributed by atoms with Crippen molar-refractivity contribution in [3.8, 4) is 0 Å². The van der Waals surface area contributed by atoms with Gasteiger partial charge in [0.15, 0.2) is 0 Å². The summed E-state index contributed by atoms with van der Waals surface area (Å²) >= 11 is 0. The standard InChI is InChI=1S/C12H13FN4O/c1-8-15-4-5-17(8)7-10-6-9(12(18)16-14)2-3-11(10)13/h2-6H,7,14H2,1H3,(H,16,18). The van der Waals surface area contributed by atoms with E-state index in [9.17, 15) is 9.18 Å². The molecule has 6 heteroatoms. The number of nitrogens with one attached hydrogen (secondary N) is 1. The second-order valence-corrected chi connectivity index (χ2v) is 3.88. The highest BCUT2D eigenvalue weighted by atomic mass is 19.1. The van der Waals surface area contributed by atoms with E-state index >= 15 is 0 Å². The quantitative estimate of drug-likeness (QED) is 0.483. The Kier molecular flexibility index (Phi) is 3.38. The van der Waals surface area contributed by atoms with Crippen LogP contribution >= 0.6 is 0 Å². The van der Waals surface area contributed by atoms with Gasteiger partial charge in [0.05, 0.1) is 6.54 Å². The number of hydrazine groups is 1. The van der Waals surface area contributed by atoms with Gasteiger partial charge in [0, 0.05) is 23.5 Å². The lowest BCUT2D eigenvalue weighted by Gasteiger charge is -2.08. The highest BCUT2D eigenvalue weighted by Gasteiger charge is 2.09. The summed E-state index contributed by atoms with van der Waals surface area (Å²) in [5, 5.41) is 0. The van der Waals surface area contributed by atoms with Gasteiger partial charge < -0.3 is 4.57 Å². The minimum atomic E-state index is -0.446. The number of carbonyl (C=O) groups excluding carboxylic acids is 1. The summed E-state index contributed by atoms with van der Waals surface area (Å²) < 4.78 is 15.5. The van der Waals surface area contributed by atoms with E-state index in [-0.39, 0.29) is 5.82 Å². The van der Waals surface area contributed by atoms with Gasteiger partial charge >= 0.3 is 0 Å². The minimum Gasteiger partial charge on any atom is -0.331 e. The summed E-state index contributed by atoms with van der Waals surface area (Å²) in [6.45, 7) is 2.15. The molecule has 2 rings (SSSR count). The fourth-order valence-corrected chi connectivity index (χ4v) is 1.67. The molecule has 0 saturated heterocycles. The predicted molar refractivity (Wildman–Crippen MR) is 64.1 cm³/mol. The number of halogens is 1. The molecule has 0 fully saturated rings. The van der Waals surface area contributed by atoms with Crippen LogP contribution in [0.4, 0.5) is 4.39 Å². The van der Waals surface area contributed by atoms with E-state index in [0.29, 0.717) is 17.7 Å². The molecule has 5 nitrogen and oxygen atoms in total. The maximum absolute atomic E-state index is 13.7. The first-order chi connectivity index (χ1) is 8.61. The molecule has 0 spiro atoms. The first-order valence-corrected chi connectivity index (χ1v) is 5.39. The Labute approximate surface area is 103 Å². The van der Waals surface area contributed by atoms with Crippen molar-refractivity contribution in [2.75, 3.05) is 0 Å². The Morgan fingerprint density at radius 1 is 1.56 bits per heavy atom. The zero-order valence-corrected chi connectivity index (χ0v) is 9.85. The van der Waals surface area contributed by atoms with E-state index < -0.39 is 5.91 Å². The third-order valence-electron chi connectivity index (χ3n) is 2.70. The summed E-state index contributed by atoms with van der Waals surface area (Å²) in [6.07, 6.45) is 3.40. The number of benzene rings is 1. The molecule has 0 saturated carbocycles. The first kappa shape index (κ1) is 12.3. The number of hydrogen-bond donors (Lipinski definition) is 2. The molecular weight excluding hydrogens is 235 g/mol. The van der Waals surface area contributed by atoms with Gasteiger partial charge in [-0.2, -0.15) is 0 Å². The smallest absolute Gasteiger partial charge is 0.265 e. The van der Waals surface area contributed by atoms with E-state index in [1.54, 1.807) is 17.0 Å². The van der Waals surface area contributed by atoms with Crippen LogP contribution in [-0.4, -0.2) is 15.5 Å². The molecule has 18 heavy (non-hydrogen) atoms. The zero-order valence-electron chi connectivity index (χ0n) is 9.85. The molecule has 0 atom stereocenters. The highest BCUT2D eigenvalue weighted by molar-refractivity contribution is 5.93. The van der Waals surface area contributed by atoms with Crippen molar-refractivity contribution < 1.29 is 9.18 Å². The summed E-state index contributed by atoms with van der Waals surface area (Å²) in [5.41, 5.74) is 2.76. The molecule has 0 aliphatic heterocycles. The number of nitrogens with two attached hydrogens (primary N) is 1. The average molecular weight is 248 g/mol. The number of amides is 1. The van der Waals surface area contributed by atoms with E-state index in [4.69, 9.17) is 5.84 Å². The Bertz CT molecular complexity index is 579. The van der Waals surface area contributed by atoms with Gasteiger partial charge in [0.2, 0.25) is 0 Å². The minimum absolute atomic E-state index is 0.323. The highest BCUT2D eigenvalue weighted by Crippen LogP contribution is 2.13. The third-order valence-corrected chi connectivity index (χ3v) is 2.70. The molecule has 0 radical (unpaired) electrons. The number of hydrogen-bond acceptors (Lipinski definition) is 3. The second kappa shape index (κ2) is 4.97. The Morgan fingerprint density at radius 3 is 2.94 bits per heavy atom. The van der Waals surface area contributed by atoms with Crippen LogP contribution in [0.3, 0.4) is 0 Å². The molecule has 1 aromatic heterocycles. The van der Waals surface area contributed by atoms with Crippen LogP contribution in [0.1, 0.15) is 21.7 Å². The van der Waals surface area contributed by atoms with Crippen LogP contribution in [0, 0.1) is 12.7 Å². The van der Waals surface area contributed by atoms with E-state index in [1.165, 1.54) is 18.2 Å². The summed E-state index contributed by atoms with van der Waals surface area (Å²) in [4.78, 5) is 15.4. The second-order valence-electron chi connectivity index (χ2n) is 3.88. The number of rotatable bonds is 3. The van der Waals surface area contributed by atoms with Gasteiger partial charge in [-0.15, -0.1) is 0 Å². The fourth-order valence-electron chi connectivity index (χ4n) is 1.67. The number of nitrogen functional groups attached to an aromatic ring is 1. The molecule has 0 aliphatic carbocycles. The van der Waals surface area contributed by atoms with Crippen molar-refractivity contribution in [1.82, 2.24) is 15.0 Å². The fraction of sp³-hybridized carbons (Fsp3) is 0.167. The van der Waals surface area contributed by atoms with Crippen molar-refractivity contribution in [3.05, 3.63) is 53.4 Å². The Balaban J connectivity index is 2.32. The molecule has 1 amide bonds. The number of aryl methyl sites for hydroxylation is 1. The normalized spacial score (nSPS) is 10.4. The first-order valence-electron chi connectivity index (χ1n) is 5.39. The molecule has 0 aliphatic rings. The van der Waals surface area contributed by atoms with E-state index in [2.05, 4.69) is 4.98 Å². The molecule has 1 aromatic carbocycles. The van der Waals surface area contributed by atoms with Crippen molar-refractivity contribution in [3.63, 3.8) is 0 Å². The average Bonchev–Trinajstić information content (AvgIpc) is 2.77. The molecule has 0 bridgehead atoms. The van der Waals surface area contributed by atoms with Crippen LogP contribution in [0.15, 0.2) is 30.6 Å². The lowest BCUT2D eigenvalue weighted by Crippen LogP contribution is -2.30. The largest absolute Gasteiger partial charge is 0.331 e. The summed E-state index contributed by atoms with van der Waals surface area (Å²) in [7, 11) is 0. The van der Waals surface area contributed by atoms with E-state index in [1.807, 2.05) is 12.3 Å². The van der Waals surface area contributed by atoms with Crippen LogP contribution in [0.25, 0.3) is 0 Å². The predicted octanol–water partition coefficient (Wildman–Crippen LogP) is 0.982. The number of carbonyl (C=O) groups is 1. The Morgan fingerprint density at radius 2 is 2.33 bits per heavy atom. The van der Waals surface area contributed by atoms with Crippen molar-refractivity contribution in [1.29, 1.82) is 0 Å². The van der Waals surface area contributed by atoms with Crippen LogP contribution in [0.5, 0.6) is 0 Å². The third kappa shape index (κ3) is 2.38. The molecule has 2 aromatic rings. The topological polar surface area (TPSA) is 72.9 Å². The Hall–Kier alpha value is -2.21. The van der Waals surface area contributed by atoms with Crippen LogP contribution in [-0.2, 0) is 6.54 Å². The van der Waals surface area contributed by atoms with Gasteiger partial charge in [-0.1, -0.05) is 0 Å². The number of nitrogens with zero attached hydrogens (tertiary/aromatic N) is 2. The number of imidazole rings is 1. The van der Waals surface area contributed by atoms with Crippen molar-refractivity contribution in [2.24, 2.45) is 5.84 Å². The maximum atomic E-state index is 13.7. The molecule has 94 valence electrons. The lowest BCUT2D eigenvalue weighted by molar-refractivity contribution is 0.0953. The zero-order chi connectivity index (χ0) is 13.1. The van der Waals surface area contributed by atoms with Crippen molar-refractivity contribution >= 4 is 5.91 Å². The molecule has 1 heterocycles. The van der Waals surface area contributed by atoms with Gasteiger partial charge in [-0.3, -0.25) is 10.2 Å². The molecule has 3 N–H and O–H groups in total. The van der Waals surface area contributed by atoms with Gasteiger partial charge in [-0.05, 0) is 25.1 Å². The lowest BCUT2D eigenvalue weighted by atomic mass is 10.1. The van der Waals surface area contributed by atoms with Crippen LogP contribution < -0.4 is 11.3 Å². The van der Waals surface area contributed by atoms with Gasteiger partial charge in [0.25, 0.3) is 5.91 Å². The summed E-state index contributed by atoms with van der Waals surface area (Å²) in [6, 6.07) is 4.13.